The molecule has 8 heteroatoms. The minimum absolute atomic E-state index is 0.155. The van der Waals surface area contributed by atoms with Crippen LogP contribution in [-0.2, 0) is 4.79 Å². The first-order valence-electron chi connectivity index (χ1n) is 10.1. The fourth-order valence-corrected chi connectivity index (χ4v) is 4.00. The monoisotopic (exact) mass is 464 g/mol. The Morgan fingerprint density at radius 2 is 1.72 bits per heavy atom. The number of nitrogens with one attached hydrogen (secondary N) is 1. The average Bonchev–Trinajstić information content (AvgIpc) is 3.24. The van der Waals surface area contributed by atoms with Crippen molar-refractivity contribution in [3.8, 4) is 22.8 Å². The smallest absolute Gasteiger partial charge is 0.234 e. The van der Waals surface area contributed by atoms with Gasteiger partial charge in [0.15, 0.2) is 11.0 Å². The highest BCUT2D eigenvalue weighted by Crippen LogP contribution is 2.29. The number of halogens is 1. The number of hydrogen-bond donors (Lipinski definition) is 1. The molecule has 0 fully saturated rings. The maximum absolute atomic E-state index is 12.6. The Balaban J connectivity index is 1.56. The zero-order valence-electron chi connectivity index (χ0n) is 17.4. The molecule has 0 aliphatic heterocycles. The molecule has 3 aromatic carbocycles. The summed E-state index contributed by atoms with van der Waals surface area (Å²) >= 11 is 7.36. The summed E-state index contributed by atoms with van der Waals surface area (Å²) in [4.78, 5) is 12.6. The minimum Gasteiger partial charge on any atom is -0.492 e. The number of carbonyl (C=O) groups excluding carboxylic acids is 1. The van der Waals surface area contributed by atoms with Crippen LogP contribution in [0.5, 0.6) is 5.75 Å². The molecule has 1 aromatic heterocycles. The molecule has 4 aromatic rings. The summed E-state index contributed by atoms with van der Waals surface area (Å²) < 4.78 is 7.52. The highest BCUT2D eigenvalue weighted by Gasteiger charge is 2.17. The summed E-state index contributed by atoms with van der Waals surface area (Å²) in [5.74, 6) is 1.34. The van der Waals surface area contributed by atoms with Crippen molar-refractivity contribution in [2.75, 3.05) is 17.7 Å². The lowest BCUT2D eigenvalue weighted by Crippen LogP contribution is -2.15. The van der Waals surface area contributed by atoms with Crippen molar-refractivity contribution in [1.29, 1.82) is 0 Å². The fourth-order valence-electron chi connectivity index (χ4n) is 3.13. The van der Waals surface area contributed by atoms with E-state index in [2.05, 4.69) is 15.5 Å². The number of amides is 1. The van der Waals surface area contributed by atoms with Gasteiger partial charge in [0, 0.05) is 16.3 Å². The molecule has 1 N–H and O–H groups in total. The zero-order chi connectivity index (χ0) is 22.3. The molecule has 32 heavy (non-hydrogen) atoms. The van der Waals surface area contributed by atoms with Crippen molar-refractivity contribution in [2.24, 2.45) is 0 Å². The second kappa shape index (κ2) is 10.3. The van der Waals surface area contributed by atoms with Crippen LogP contribution < -0.4 is 10.1 Å². The molecule has 0 saturated carbocycles. The second-order valence-electron chi connectivity index (χ2n) is 6.75. The summed E-state index contributed by atoms with van der Waals surface area (Å²) in [6, 6.07) is 24.6. The van der Waals surface area contributed by atoms with Gasteiger partial charge in [-0.2, -0.15) is 0 Å². The Labute approximate surface area is 195 Å². The highest BCUT2D eigenvalue weighted by atomic mass is 35.5. The van der Waals surface area contributed by atoms with Gasteiger partial charge in [-0.05, 0) is 55.5 Å². The molecule has 0 aliphatic carbocycles. The molecule has 1 heterocycles. The van der Waals surface area contributed by atoms with E-state index in [0.717, 1.165) is 11.3 Å². The van der Waals surface area contributed by atoms with E-state index in [4.69, 9.17) is 16.3 Å². The van der Waals surface area contributed by atoms with Gasteiger partial charge >= 0.3 is 0 Å². The summed E-state index contributed by atoms with van der Waals surface area (Å²) in [6.45, 7) is 2.43. The summed E-state index contributed by atoms with van der Waals surface area (Å²) in [7, 11) is 0. The van der Waals surface area contributed by atoms with Crippen molar-refractivity contribution in [2.45, 2.75) is 12.1 Å². The van der Waals surface area contributed by atoms with Crippen molar-refractivity contribution < 1.29 is 9.53 Å². The summed E-state index contributed by atoms with van der Waals surface area (Å²) in [5, 5.41) is 12.9. The molecule has 162 valence electrons. The third-order valence-electron chi connectivity index (χ3n) is 4.54. The lowest BCUT2D eigenvalue weighted by molar-refractivity contribution is -0.113. The van der Waals surface area contributed by atoms with E-state index in [9.17, 15) is 4.79 Å². The Morgan fingerprint density at radius 1 is 1.00 bits per heavy atom. The van der Waals surface area contributed by atoms with Gasteiger partial charge < -0.3 is 10.1 Å². The van der Waals surface area contributed by atoms with Crippen LogP contribution in [0, 0.1) is 0 Å². The number of ether oxygens (including phenoxy) is 1. The Morgan fingerprint density at radius 3 is 2.47 bits per heavy atom. The van der Waals surface area contributed by atoms with Crippen molar-refractivity contribution in [1.82, 2.24) is 14.8 Å². The third-order valence-corrected chi connectivity index (χ3v) is 5.72. The highest BCUT2D eigenvalue weighted by molar-refractivity contribution is 7.99. The SMILES string of the molecule is CCOc1ccccc1NC(=O)CSc1nnc(-c2ccc(Cl)cc2)n1-c1ccccc1. The van der Waals surface area contributed by atoms with Crippen LogP contribution in [0.4, 0.5) is 5.69 Å². The quantitative estimate of drug-likeness (QED) is 0.338. The van der Waals surface area contributed by atoms with Gasteiger partial charge in [0.25, 0.3) is 0 Å². The van der Waals surface area contributed by atoms with Crippen molar-refractivity contribution in [3.05, 3.63) is 83.9 Å². The number of benzene rings is 3. The van der Waals surface area contributed by atoms with E-state index < -0.39 is 0 Å². The fraction of sp³-hybridized carbons (Fsp3) is 0.125. The summed E-state index contributed by atoms with van der Waals surface area (Å²) in [5.41, 5.74) is 2.44. The Hall–Kier alpha value is -3.29. The minimum atomic E-state index is -0.155. The lowest BCUT2D eigenvalue weighted by Gasteiger charge is -2.12. The maximum Gasteiger partial charge on any atom is 0.234 e. The molecule has 0 bridgehead atoms. The summed E-state index contributed by atoms with van der Waals surface area (Å²) in [6.07, 6.45) is 0. The number of rotatable bonds is 8. The first-order valence-corrected chi connectivity index (χ1v) is 11.4. The second-order valence-corrected chi connectivity index (χ2v) is 8.13. The van der Waals surface area contributed by atoms with E-state index in [1.165, 1.54) is 11.8 Å². The van der Waals surface area contributed by atoms with Crippen molar-refractivity contribution in [3.63, 3.8) is 0 Å². The molecular formula is C24H21ClN4O2S. The molecular weight excluding hydrogens is 444 g/mol. The lowest BCUT2D eigenvalue weighted by atomic mass is 10.2. The molecule has 0 aliphatic rings. The van der Waals surface area contributed by atoms with Crippen LogP contribution in [-0.4, -0.2) is 33.0 Å². The Bertz CT molecular complexity index is 1200. The average molecular weight is 465 g/mol. The van der Waals surface area contributed by atoms with Crippen LogP contribution in [0.2, 0.25) is 5.02 Å². The van der Waals surface area contributed by atoms with Gasteiger partial charge in [-0.3, -0.25) is 9.36 Å². The molecule has 6 nitrogen and oxygen atoms in total. The number of anilines is 1. The van der Waals surface area contributed by atoms with Gasteiger partial charge in [0.2, 0.25) is 5.91 Å². The molecule has 0 unspecified atom stereocenters. The zero-order valence-corrected chi connectivity index (χ0v) is 18.9. The van der Waals surface area contributed by atoms with Crippen LogP contribution in [0.15, 0.2) is 84.0 Å². The van der Waals surface area contributed by atoms with Crippen molar-refractivity contribution >= 4 is 35.0 Å². The van der Waals surface area contributed by atoms with Gasteiger partial charge in [-0.15, -0.1) is 10.2 Å². The molecule has 0 radical (unpaired) electrons. The third kappa shape index (κ3) is 5.12. The van der Waals surface area contributed by atoms with Crippen LogP contribution >= 0.6 is 23.4 Å². The predicted molar refractivity (Wildman–Crippen MR) is 129 cm³/mol. The van der Waals surface area contributed by atoms with Crippen LogP contribution in [0.25, 0.3) is 17.1 Å². The van der Waals surface area contributed by atoms with Gasteiger partial charge in [0.1, 0.15) is 5.75 Å². The number of carbonyl (C=O) groups is 1. The van der Waals surface area contributed by atoms with E-state index in [0.29, 0.717) is 34.0 Å². The topological polar surface area (TPSA) is 69.0 Å². The number of thioether (sulfide) groups is 1. The van der Waals surface area contributed by atoms with E-state index in [-0.39, 0.29) is 11.7 Å². The predicted octanol–water partition coefficient (Wildman–Crippen LogP) is 5.72. The van der Waals surface area contributed by atoms with Crippen LogP contribution in [0.1, 0.15) is 6.92 Å². The number of aromatic nitrogens is 3. The van der Waals surface area contributed by atoms with Gasteiger partial charge in [0.05, 0.1) is 18.0 Å². The molecule has 4 rings (SSSR count). The molecule has 0 saturated heterocycles. The molecule has 1 amide bonds. The number of nitrogens with zero attached hydrogens (tertiary/aromatic N) is 3. The van der Waals surface area contributed by atoms with Gasteiger partial charge in [-0.25, -0.2) is 0 Å². The van der Waals surface area contributed by atoms with E-state index in [1.807, 2.05) is 90.4 Å². The number of hydrogen-bond acceptors (Lipinski definition) is 5. The normalized spacial score (nSPS) is 10.7. The maximum atomic E-state index is 12.6. The Kier molecular flexibility index (Phi) is 7.09. The molecule has 0 spiro atoms. The van der Waals surface area contributed by atoms with E-state index in [1.54, 1.807) is 0 Å². The largest absolute Gasteiger partial charge is 0.492 e. The standard InChI is InChI=1S/C24H21ClN4O2S/c1-2-31-21-11-7-6-10-20(21)26-22(30)16-32-24-28-27-23(17-12-14-18(25)15-13-17)29(24)19-8-4-3-5-9-19/h3-15H,2,16H2,1H3,(H,26,30). The first-order chi connectivity index (χ1) is 15.7. The van der Waals surface area contributed by atoms with E-state index >= 15 is 0 Å². The van der Waals surface area contributed by atoms with Crippen LogP contribution in [0.3, 0.4) is 0 Å². The molecule has 0 atom stereocenters. The number of para-hydroxylation sites is 3. The van der Waals surface area contributed by atoms with Gasteiger partial charge in [-0.1, -0.05) is 53.7 Å². The first kappa shape index (κ1) is 21.9.